The van der Waals surface area contributed by atoms with Gasteiger partial charge in [0.2, 0.25) is 8.32 Å². The van der Waals surface area contributed by atoms with Crippen molar-refractivity contribution in [2.75, 3.05) is 21.3 Å². The first kappa shape index (κ1) is 20.5. The van der Waals surface area contributed by atoms with E-state index in [2.05, 4.69) is 31.8 Å². The van der Waals surface area contributed by atoms with E-state index < -0.39 is 25.9 Å². The van der Waals surface area contributed by atoms with Gasteiger partial charge in [0.05, 0.1) is 0 Å². The van der Waals surface area contributed by atoms with Crippen LogP contribution in [0.3, 0.4) is 0 Å². The van der Waals surface area contributed by atoms with Crippen LogP contribution in [0.1, 0.15) is 5.56 Å². The molecule has 0 saturated carbocycles. The summed E-state index contributed by atoms with van der Waals surface area (Å²) in [7, 11) is -3.18. The Balaban J connectivity index is 2.94. The van der Waals surface area contributed by atoms with Gasteiger partial charge in [-0.05, 0) is 36.9 Å². The maximum absolute atomic E-state index is 6.47. The summed E-state index contributed by atoms with van der Waals surface area (Å²) >= 11 is 0. The Hall–Kier alpha value is -0.589. The molecule has 0 aliphatic heterocycles. The molecule has 5 nitrogen and oxygen atoms in total. The molecule has 0 atom stereocenters. The zero-order chi connectivity index (χ0) is 17.7. The number of hydrogen-bond acceptors (Lipinski definition) is 5. The van der Waals surface area contributed by atoms with Crippen LogP contribution in [0, 0.1) is 0 Å². The lowest BCUT2D eigenvalue weighted by atomic mass is 10.2. The SMILES string of the molecule is C=Cc1ccc([Si](C)(C)O[Si](C)(C)O[Si](OC)(OC)OC)cc1. The minimum Gasteiger partial charge on any atom is -0.433 e. The molecule has 1 rings (SSSR count). The molecule has 0 aromatic heterocycles. The van der Waals surface area contributed by atoms with Crippen LogP contribution in [-0.4, -0.2) is 47.3 Å². The molecule has 1 aromatic rings. The Labute approximate surface area is 143 Å². The summed E-state index contributed by atoms with van der Waals surface area (Å²) in [6.07, 6.45) is 1.83. The van der Waals surface area contributed by atoms with Crippen LogP contribution < -0.4 is 5.19 Å². The molecule has 0 spiro atoms. The molecule has 0 saturated heterocycles. The van der Waals surface area contributed by atoms with Crippen molar-refractivity contribution in [3.63, 3.8) is 0 Å². The van der Waals surface area contributed by atoms with E-state index in [0.717, 1.165) is 5.56 Å². The second-order valence-corrected chi connectivity index (χ2v) is 16.3. The predicted octanol–water partition coefficient (Wildman–Crippen LogP) is 2.85. The summed E-state index contributed by atoms with van der Waals surface area (Å²) in [5, 5.41) is 1.20. The molecule has 23 heavy (non-hydrogen) atoms. The van der Waals surface area contributed by atoms with E-state index in [1.54, 1.807) is 0 Å². The lowest BCUT2D eigenvalue weighted by Crippen LogP contribution is -2.60. The third-order valence-corrected chi connectivity index (χ3v) is 13.7. The molecule has 8 heteroatoms. The molecule has 0 radical (unpaired) electrons. The first-order chi connectivity index (χ1) is 10.6. The van der Waals surface area contributed by atoms with E-state index in [4.69, 9.17) is 21.5 Å². The highest BCUT2D eigenvalue weighted by Crippen LogP contribution is 2.22. The van der Waals surface area contributed by atoms with Crippen molar-refractivity contribution in [3.8, 4) is 0 Å². The molecule has 1 aromatic carbocycles. The van der Waals surface area contributed by atoms with Gasteiger partial charge in [0, 0.05) is 21.3 Å². The van der Waals surface area contributed by atoms with E-state index in [9.17, 15) is 0 Å². The average Bonchev–Trinajstić information content (AvgIpc) is 2.51. The summed E-state index contributed by atoms with van der Waals surface area (Å²) in [5.41, 5.74) is 1.09. The molecular formula is C15H28O5Si3. The minimum atomic E-state index is -3.12. The van der Waals surface area contributed by atoms with E-state index in [1.165, 1.54) is 26.5 Å². The lowest BCUT2D eigenvalue weighted by Gasteiger charge is -2.37. The fourth-order valence-electron chi connectivity index (χ4n) is 2.39. The van der Waals surface area contributed by atoms with Crippen LogP contribution in [0.15, 0.2) is 30.8 Å². The van der Waals surface area contributed by atoms with Gasteiger partial charge in [-0.25, -0.2) is 0 Å². The Bertz CT molecular complexity index is 504. The van der Waals surface area contributed by atoms with Crippen LogP contribution in [0.2, 0.25) is 26.2 Å². The molecular weight excluding hydrogens is 344 g/mol. The highest BCUT2D eigenvalue weighted by atomic mass is 28.5. The van der Waals surface area contributed by atoms with Gasteiger partial charge >= 0.3 is 17.6 Å². The van der Waals surface area contributed by atoms with Crippen molar-refractivity contribution < 1.29 is 21.5 Å². The standard InChI is InChI=1S/C15H28O5Si3/c1-9-14-10-12-15(13-11-14)21(5,6)19-22(7,8)20-23(16-2,17-3)18-4/h9-13H,1H2,2-8H3. The molecule has 0 amide bonds. The Morgan fingerprint density at radius 2 is 1.30 bits per heavy atom. The summed E-state index contributed by atoms with van der Waals surface area (Å²) in [6.45, 7) is 12.1. The number of hydrogen-bond donors (Lipinski definition) is 0. The average molecular weight is 373 g/mol. The Morgan fingerprint density at radius 1 is 0.826 bits per heavy atom. The highest BCUT2D eigenvalue weighted by Gasteiger charge is 2.50. The van der Waals surface area contributed by atoms with Crippen LogP contribution in [0.25, 0.3) is 6.08 Å². The zero-order valence-electron chi connectivity index (χ0n) is 15.1. The van der Waals surface area contributed by atoms with Gasteiger partial charge in [0.1, 0.15) is 0 Å². The lowest BCUT2D eigenvalue weighted by molar-refractivity contribution is 0.0413. The smallest absolute Gasteiger partial charge is 0.433 e. The quantitative estimate of drug-likeness (QED) is 0.624. The second-order valence-electron chi connectivity index (χ2n) is 6.05. The third kappa shape index (κ3) is 5.47. The largest absolute Gasteiger partial charge is 0.669 e. The zero-order valence-corrected chi connectivity index (χ0v) is 18.1. The summed E-state index contributed by atoms with van der Waals surface area (Å²) in [6, 6.07) is 8.30. The van der Waals surface area contributed by atoms with Crippen LogP contribution in [-0.2, 0) is 21.5 Å². The molecule has 0 bridgehead atoms. The van der Waals surface area contributed by atoms with Gasteiger partial charge in [-0.15, -0.1) is 0 Å². The van der Waals surface area contributed by atoms with Gasteiger partial charge in [-0.1, -0.05) is 36.9 Å². The maximum Gasteiger partial charge on any atom is 0.669 e. The topological polar surface area (TPSA) is 46.2 Å². The molecule has 0 aliphatic carbocycles. The normalized spacial score (nSPS) is 13.2. The van der Waals surface area contributed by atoms with Crippen LogP contribution in [0.4, 0.5) is 0 Å². The Kier molecular flexibility index (Phi) is 7.11. The first-order valence-corrected chi connectivity index (χ1v) is 14.8. The number of benzene rings is 1. The highest BCUT2D eigenvalue weighted by molar-refractivity contribution is 6.92. The summed E-state index contributed by atoms with van der Waals surface area (Å²) in [4.78, 5) is 0. The maximum atomic E-state index is 6.47. The fourth-order valence-corrected chi connectivity index (χ4v) is 13.2. The van der Waals surface area contributed by atoms with Gasteiger partial charge in [0.15, 0.2) is 0 Å². The number of rotatable bonds is 9. The molecule has 0 heterocycles. The van der Waals surface area contributed by atoms with Gasteiger partial charge in [-0.3, -0.25) is 0 Å². The molecule has 0 fully saturated rings. The van der Waals surface area contributed by atoms with Crippen molar-refractivity contribution in [2.45, 2.75) is 26.2 Å². The Morgan fingerprint density at radius 3 is 1.70 bits per heavy atom. The van der Waals surface area contributed by atoms with Crippen molar-refractivity contribution in [1.29, 1.82) is 0 Å². The minimum absolute atomic E-state index is 1.09. The second kappa shape index (κ2) is 7.99. The van der Waals surface area contributed by atoms with Crippen molar-refractivity contribution in [1.82, 2.24) is 0 Å². The van der Waals surface area contributed by atoms with Gasteiger partial charge < -0.3 is 21.5 Å². The van der Waals surface area contributed by atoms with E-state index in [1.807, 2.05) is 31.3 Å². The van der Waals surface area contributed by atoms with Crippen LogP contribution in [0.5, 0.6) is 0 Å². The van der Waals surface area contributed by atoms with Crippen molar-refractivity contribution in [3.05, 3.63) is 36.4 Å². The van der Waals surface area contributed by atoms with E-state index in [-0.39, 0.29) is 0 Å². The predicted molar refractivity (Wildman–Crippen MR) is 100 cm³/mol. The van der Waals surface area contributed by atoms with E-state index >= 15 is 0 Å². The van der Waals surface area contributed by atoms with Crippen molar-refractivity contribution >= 4 is 37.2 Å². The summed E-state index contributed by atoms with van der Waals surface area (Å²) in [5.74, 6) is 0. The first-order valence-electron chi connectivity index (χ1n) is 7.42. The monoisotopic (exact) mass is 372 g/mol. The third-order valence-electron chi connectivity index (χ3n) is 3.46. The van der Waals surface area contributed by atoms with Gasteiger partial charge in [-0.2, -0.15) is 0 Å². The van der Waals surface area contributed by atoms with E-state index in [0.29, 0.717) is 0 Å². The molecule has 0 aliphatic rings. The summed E-state index contributed by atoms with van der Waals surface area (Å²) < 4.78 is 28.6. The molecule has 0 unspecified atom stereocenters. The van der Waals surface area contributed by atoms with Gasteiger partial charge in [0.25, 0.3) is 0 Å². The van der Waals surface area contributed by atoms with Crippen LogP contribution >= 0.6 is 0 Å². The molecule has 0 N–H and O–H groups in total. The van der Waals surface area contributed by atoms with Crippen molar-refractivity contribution in [2.24, 2.45) is 0 Å². The molecule has 130 valence electrons. The fraction of sp³-hybridized carbons (Fsp3) is 0.467.